The monoisotopic (exact) mass is 471 g/mol. The number of piperidine rings is 1. The number of hydrogen-bond donors (Lipinski definition) is 1. The van der Waals surface area contributed by atoms with Crippen molar-refractivity contribution in [2.24, 2.45) is 0 Å². The predicted molar refractivity (Wildman–Crippen MR) is 128 cm³/mol. The summed E-state index contributed by atoms with van der Waals surface area (Å²) in [5.41, 5.74) is 1.24. The highest BCUT2D eigenvalue weighted by atomic mass is 35.5. The van der Waals surface area contributed by atoms with Crippen molar-refractivity contribution in [3.8, 4) is 5.75 Å². The van der Waals surface area contributed by atoms with Gasteiger partial charge in [0.15, 0.2) is 6.61 Å². The first-order chi connectivity index (χ1) is 15.9. The summed E-state index contributed by atoms with van der Waals surface area (Å²) in [5, 5.41) is 3.16. The largest absolute Gasteiger partial charge is 0.482 e. The third-order valence-corrected chi connectivity index (χ3v) is 6.00. The minimum Gasteiger partial charge on any atom is -0.482 e. The van der Waals surface area contributed by atoms with E-state index in [-0.39, 0.29) is 29.4 Å². The van der Waals surface area contributed by atoms with Crippen LogP contribution < -0.4 is 10.1 Å². The van der Waals surface area contributed by atoms with Gasteiger partial charge < -0.3 is 19.9 Å². The lowest BCUT2D eigenvalue weighted by atomic mass is 10.0. The van der Waals surface area contributed by atoms with E-state index in [1.165, 1.54) is 0 Å². The van der Waals surface area contributed by atoms with Gasteiger partial charge in [-0.3, -0.25) is 14.4 Å². The van der Waals surface area contributed by atoms with Crippen molar-refractivity contribution >= 4 is 35.0 Å². The van der Waals surface area contributed by atoms with Crippen LogP contribution in [0.25, 0.3) is 0 Å². The van der Waals surface area contributed by atoms with Gasteiger partial charge >= 0.3 is 0 Å². The van der Waals surface area contributed by atoms with Crippen molar-refractivity contribution in [1.29, 1.82) is 0 Å². The van der Waals surface area contributed by atoms with Crippen LogP contribution in [-0.2, 0) is 14.4 Å². The second-order valence-corrected chi connectivity index (χ2v) is 8.25. The summed E-state index contributed by atoms with van der Waals surface area (Å²) in [4.78, 5) is 41.3. The second kappa shape index (κ2) is 11.7. The van der Waals surface area contributed by atoms with E-state index in [0.717, 1.165) is 18.4 Å². The van der Waals surface area contributed by atoms with E-state index in [1.807, 2.05) is 44.2 Å². The van der Waals surface area contributed by atoms with Gasteiger partial charge in [0.1, 0.15) is 11.8 Å². The zero-order valence-corrected chi connectivity index (χ0v) is 19.8. The molecule has 1 aliphatic heterocycles. The van der Waals surface area contributed by atoms with Crippen LogP contribution in [0.5, 0.6) is 5.75 Å². The second-order valence-electron chi connectivity index (χ2n) is 7.85. The highest BCUT2D eigenvalue weighted by molar-refractivity contribution is 6.32. The standard InChI is InChI=1S/C25H30ClN3O4/c1-3-28(4-2)23(31)17-33-21-14-13-19(16-20(21)26)27-25(32)24(18-10-6-5-7-11-18)29-15-9-8-12-22(29)30/h5-7,10-11,13-14,16,24H,3-4,8-9,12,15,17H2,1-2H3,(H,27,32). The number of hydrogen-bond acceptors (Lipinski definition) is 4. The first-order valence-corrected chi connectivity index (χ1v) is 11.7. The number of likely N-dealkylation sites (tertiary alicyclic amines) is 1. The molecule has 1 heterocycles. The van der Waals surface area contributed by atoms with Gasteiger partial charge in [-0.25, -0.2) is 0 Å². The van der Waals surface area contributed by atoms with Crippen LogP contribution in [0.4, 0.5) is 5.69 Å². The molecule has 0 aromatic heterocycles. The number of halogens is 1. The molecular weight excluding hydrogens is 442 g/mol. The maximum atomic E-state index is 13.3. The molecule has 8 heteroatoms. The SMILES string of the molecule is CCN(CC)C(=O)COc1ccc(NC(=O)C(c2ccccc2)N2CCCCC2=O)cc1Cl. The van der Waals surface area contributed by atoms with Gasteiger partial charge in [-0.05, 0) is 50.5 Å². The van der Waals surface area contributed by atoms with Gasteiger partial charge in [0, 0.05) is 31.7 Å². The van der Waals surface area contributed by atoms with Crippen LogP contribution in [0.1, 0.15) is 44.7 Å². The maximum Gasteiger partial charge on any atom is 0.260 e. The highest BCUT2D eigenvalue weighted by Gasteiger charge is 2.32. The number of ether oxygens (including phenoxy) is 1. The smallest absolute Gasteiger partial charge is 0.260 e. The van der Waals surface area contributed by atoms with Gasteiger partial charge in [0.05, 0.1) is 5.02 Å². The lowest BCUT2D eigenvalue weighted by molar-refractivity contribution is -0.141. The normalized spacial score (nSPS) is 14.5. The molecule has 33 heavy (non-hydrogen) atoms. The van der Waals surface area contributed by atoms with E-state index in [0.29, 0.717) is 37.5 Å². The molecule has 3 amide bonds. The molecule has 0 aliphatic carbocycles. The van der Waals surface area contributed by atoms with Gasteiger partial charge in [0.2, 0.25) is 5.91 Å². The van der Waals surface area contributed by atoms with E-state index in [1.54, 1.807) is 28.0 Å². The van der Waals surface area contributed by atoms with Gasteiger partial charge in [-0.15, -0.1) is 0 Å². The third kappa shape index (κ3) is 6.26. The molecular formula is C25H30ClN3O4. The molecule has 0 spiro atoms. The lowest BCUT2D eigenvalue weighted by Crippen LogP contribution is -2.43. The van der Waals surface area contributed by atoms with Crippen LogP contribution in [0.2, 0.25) is 5.02 Å². The summed E-state index contributed by atoms with van der Waals surface area (Å²) in [6.07, 6.45) is 2.15. The summed E-state index contributed by atoms with van der Waals surface area (Å²) in [6, 6.07) is 13.4. The molecule has 0 saturated carbocycles. The Kier molecular flexibility index (Phi) is 8.72. The quantitative estimate of drug-likeness (QED) is 0.592. The zero-order chi connectivity index (χ0) is 23.8. The first-order valence-electron chi connectivity index (χ1n) is 11.3. The van der Waals surface area contributed by atoms with E-state index in [2.05, 4.69) is 5.32 Å². The minimum absolute atomic E-state index is 0.0232. The van der Waals surface area contributed by atoms with Crippen molar-refractivity contribution in [2.45, 2.75) is 39.2 Å². The first kappa shape index (κ1) is 24.6. The summed E-state index contributed by atoms with van der Waals surface area (Å²) in [5.74, 6) is -0.0888. The third-order valence-electron chi connectivity index (χ3n) is 5.70. The number of nitrogens with zero attached hydrogens (tertiary/aromatic N) is 2. The Morgan fingerprint density at radius 1 is 1.12 bits per heavy atom. The molecule has 2 aromatic rings. The van der Waals surface area contributed by atoms with Crippen LogP contribution in [0.3, 0.4) is 0 Å². The van der Waals surface area contributed by atoms with Crippen molar-refractivity contribution in [3.63, 3.8) is 0 Å². The molecule has 1 fully saturated rings. The molecule has 3 rings (SSSR count). The number of amides is 3. The Morgan fingerprint density at radius 3 is 2.48 bits per heavy atom. The Hall–Kier alpha value is -3.06. The molecule has 1 unspecified atom stereocenters. The average molecular weight is 472 g/mol. The van der Waals surface area contributed by atoms with Crippen molar-refractivity contribution < 1.29 is 19.1 Å². The van der Waals surface area contributed by atoms with Crippen molar-refractivity contribution in [2.75, 3.05) is 31.6 Å². The molecule has 1 atom stereocenters. The van der Waals surface area contributed by atoms with Crippen molar-refractivity contribution in [3.05, 3.63) is 59.1 Å². The Balaban J connectivity index is 1.72. The van der Waals surface area contributed by atoms with Gasteiger partial charge in [0.25, 0.3) is 11.8 Å². The number of carbonyl (C=O) groups excluding carboxylic acids is 3. The fraction of sp³-hybridized carbons (Fsp3) is 0.400. The summed E-state index contributed by atoms with van der Waals surface area (Å²) in [6.45, 7) is 5.47. The maximum absolute atomic E-state index is 13.3. The van der Waals surface area contributed by atoms with Crippen LogP contribution in [0, 0.1) is 0 Å². The number of rotatable bonds is 9. The molecule has 176 valence electrons. The Labute approximate surface area is 199 Å². The molecule has 0 radical (unpaired) electrons. The van der Waals surface area contributed by atoms with Crippen LogP contribution >= 0.6 is 11.6 Å². The number of carbonyl (C=O) groups is 3. The summed E-state index contributed by atoms with van der Waals surface area (Å²) < 4.78 is 5.58. The topological polar surface area (TPSA) is 79.0 Å². The minimum atomic E-state index is -0.722. The zero-order valence-electron chi connectivity index (χ0n) is 19.1. The van der Waals surface area contributed by atoms with E-state index in [4.69, 9.17) is 16.3 Å². The molecule has 1 N–H and O–H groups in total. The van der Waals surface area contributed by atoms with Gasteiger partial charge in [-0.1, -0.05) is 41.9 Å². The number of nitrogens with one attached hydrogen (secondary N) is 1. The molecule has 0 bridgehead atoms. The average Bonchev–Trinajstić information content (AvgIpc) is 2.81. The Morgan fingerprint density at radius 2 is 1.85 bits per heavy atom. The predicted octanol–water partition coefficient (Wildman–Crippen LogP) is 4.28. The fourth-order valence-corrected chi connectivity index (χ4v) is 4.16. The van der Waals surface area contributed by atoms with E-state index >= 15 is 0 Å². The summed E-state index contributed by atoms with van der Waals surface area (Å²) >= 11 is 6.35. The van der Waals surface area contributed by atoms with Crippen LogP contribution in [-0.4, -0.2) is 53.8 Å². The molecule has 7 nitrogen and oxygen atoms in total. The number of benzene rings is 2. The number of anilines is 1. The van der Waals surface area contributed by atoms with E-state index in [9.17, 15) is 14.4 Å². The molecule has 1 saturated heterocycles. The van der Waals surface area contributed by atoms with E-state index < -0.39 is 6.04 Å². The lowest BCUT2D eigenvalue weighted by Gasteiger charge is -2.34. The fourth-order valence-electron chi connectivity index (χ4n) is 3.92. The van der Waals surface area contributed by atoms with Crippen molar-refractivity contribution in [1.82, 2.24) is 9.80 Å². The highest BCUT2D eigenvalue weighted by Crippen LogP contribution is 2.30. The summed E-state index contributed by atoms with van der Waals surface area (Å²) in [7, 11) is 0. The van der Waals surface area contributed by atoms with Crippen LogP contribution in [0.15, 0.2) is 48.5 Å². The van der Waals surface area contributed by atoms with Gasteiger partial charge in [-0.2, -0.15) is 0 Å². The number of likely N-dealkylation sites (N-methyl/N-ethyl adjacent to an activating group) is 1. The Bertz CT molecular complexity index is 979. The molecule has 1 aliphatic rings. The molecule has 2 aromatic carbocycles.